The van der Waals surface area contributed by atoms with Gasteiger partial charge in [0.05, 0.1) is 5.75 Å². The van der Waals surface area contributed by atoms with Gasteiger partial charge in [0.15, 0.2) is 0 Å². The van der Waals surface area contributed by atoms with Crippen LogP contribution in [0, 0.1) is 0 Å². The van der Waals surface area contributed by atoms with Crippen LogP contribution >= 0.6 is 0 Å². The van der Waals surface area contributed by atoms with Crippen LogP contribution in [-0.2, 0) is 21.3 Å². The highest BCUT2D eigenvalue weighted by Gasteiger charge is 2.19. The van der Waals surface area contributed by atoms with Crippen LogP contribution in [0.4, 0.5) is 0 Å². The van der Waals surface area contributed by atoms with Gasteiger partial charge in [0.2, 0.25) is 0 Å². The fourth-order valence-corrected chi connectivity index (χ4v) is 2.81. The van der Waals surface area contributed by atoms with Crippen LogP contribution in [0.1, 0.15) is 12.0 Å². The zero-order valence-electron chi connectivity index (χ0n) is 11.8. The Labute approximate surface area is 128 Å². The number of nitrogens with one attached hydrogen (secondary N) is 2. The molecule has 1 aromatic heterocycles. The second kappa shape index (κ2) is 6.91. The van der Waals surface area contributed by atoms with Crippen LogP contribution in [0.15, 0.2) is 30.5 Å². The van der Waals surface area contributed by atoms with Gasteiger partial charge >= 0.3 is 5.97 Å². The molecule has 4 N–H and O–H groups in total. The number of carboxylic acid groups (broad SMARTS) is 1. The van der Waals surface area contributed by atoms with Crippen molar-refractivity contribution in [2.45, 2.75) is 18.9 Å². The molecule has 1 aromatic carbocycles. The Morgan fingerprint density at radius 1 is 1.32 bits per heavy atom. The van der Waals surface area contributed by atoms with E-state index in [9.17, 15) is 18.3 Å². The largest absolute Gasteiger partial charge is 0.480 e. The molecule has 120 valence electrons. The molecule has 22 heavy (non-hydrogen) atoms. The predicted molar refractivity (Wildman–Crippen MR) is 82.5 cm³/mol. The van der Waals surface area contributed by atoms with Gasteiger partial charge in [0.25, 0.3) is 10.1 Å². The van der Waals surface area contributed by atoms with E-state index in [1.807, 2.05) is 24.3 Å². The van der Waals surface area contributed by atoms with Gasteiger partial charge < -0.3 is 15.4 Å². The van der Waals surface area contributed by atoms with E-state index in [-0.39, 0.29) is 25.1 Å². The van der Waals surface area contributed by atoms with Crippen molar-refractivity contribution in [3.05, 3.63) is 36.0 Å². The molecule has 1 atom stereocenters. The molecule has 1 heterocycles. The Morgan fingerprint density at radius 3 is 2.73 bits per heavy atom. The number of carbonyl (C=O) groups is 1. The highest BCUT2D eigenvalue weighted by molar-refractivity contribution is 7.85. The number of H-pyrrole nitrogens is 1. The fraction of sp³-hybridized carbons (Fsp3) is 0.357. The first kappa shape index (κ1) is 16.5. The third-order valence-electron chi connectivity index (χ3n) is 3.37. The van der Waals surface area contributed by atoms with Gasteiger partial charge in [0, 0.05) is 23.5 Å². The molecular formula is C14H18N2O5S. The van der Waals surface area contributed by atoms with Crippen molar-refractivity contribution in [1.29, 1.82) is 0 Å². The number of aromatic amines is 1. The van der Waals surface area contributed by atoms with Crippen LogP contribution in [-0.4, -0.2) is 47.4 Å². The van der Waals surface area contributed by atoms with Gasteiger partial charge in [-0.1, -0.05) is 18.2 Å². The third-order valence-corrected chi connectivity index (χ3v) is 4.17. The first-order valence-corrected chi connectivity index (χ1v) is 8.44. The number of benzene rings is 1. The monoisotopic (exact) mass is 326 g/mol. The van der Waals surface area contributed by atoms with E-state index >= 15 is 0 Å². The quantitative estimate of drug-likeness (QED) is 0.425. The van der Waals surface area contributed by atoms with Crippen molar-refractivity contribution < 1.29 is 22.9 Å². The van der Waals surface area contributed by atoms with Gasteiger partial charge in [-0.2, -0.15) is 8.42 Å². The molecule has 0 saturated heterocycles. The molecule has 0 aliphatic heterocycles. The summed E-state index contributed by atoms with van der Waals surface area (Å²) in [6.07, 6.45) is 2.21. The number of hydrogen-bond donors (Lipinski definition) is 4. The molecule has 0 bridgehead atoms. The molecule has 2 aromatic rings. The van der Waals surface area contributed by atoms with Crippen LogP contribution in [0.25, 0.3) is 10.9 Å². The van der Waals surface area contributed by atoms with Gasteiger partial charge in [-0.05, 0) is 24.6 Å². The molecule has 2 rings (SSSR count). The number of aliphatic carboxylic acids is 1. The maximum Gasteiger partial charge on any atom is 0.321 e. The molecule has 0 saturated carbocycles. The predicted octanol–water partition coefficient (Wildman–Crippen LogP) is 1.03. The Morgan fingerprint density at radius 2 is 2.05 bits per heavy atom. The molecule has 7 nitrogen and oxygen atoms in total. The lowest BCUT2D eigenvalue weighted by molar-refractivity contribution is -0.139. The Kier molecular flexibility index (Phi) is 5.17. The minimum atomic E-state index is -4.01. The Bertz CT molecular complexity index is 753. The Balaban J connectivity index is 1.98. The average molecular weight is 326 g/mol. The zero-order valence-corrected chi connectivity index (χ0v) is 12.6. The summed E-state index contributed by atoms with van der Waals surface area (Å²) in [6.45, 7) is 0.194. The summed E-state index contributed by atoms with van der Waals surface area (Å²) < 4.78 is 29.9. The SMILES string of the molecule is O=C(O)[C@@H](Cc1c[nH]c2ccccc12)NCCCS(=O)(=O)O. The molecule has 0 aliphatic rings. The van der Waals surface area contributed by atoms with Crippen molar-refractivity contribution in [2.24, 2.45) is 0 Å². The maximum absolute atomic E-state index is 11.3. The van der Waals surface area contributed by atoms with Gasteiger partial charge in [-0.3, -0.25) is 9.35 Å². The molecule has 0 radical (unpaired) electrons. The van der Waals surface area contributed by atoms with E-state index in [4.69, 9.17) is 4.55 Å². The van der Waals surface area contributed by atoms with Crippen molar-refractivity contribution in [2.75, 3.05) is 12.3 Å². The van der Waals surface area contributed by atoms with E-state index in [0.717, 1.165) is 16.5 Å². The van der Waals surface area contributed by atoms with Gasteiger partial charge in [-0.15, -0.1) is 0 Å². The van der Waals surface area contributed by atoms with Crippen molar-refractivity contribution in [3.8, 4) is 0 Å². The lowest BCUT2D eigenvalue weighted by atomic mass is 10.1. The minimum absolute atomic E-state index is 0.149. The Hall–Kier alpha value is -1.90. The minimum Gasteiger partial charge on any atom is -0.480 e. The summed E-state index contributed by atoms with van der Waals surface area (Å²) in [5, 5.41) is 13.0. The van der Waals surface area contributed by atoms with Crippen molar-refractivity contribution in [3.63, 3.8) is 0 Å². The highest BCUT2D eigenvalue weighted by Crippen LogP contribution is 2.19. The summed E-state index contributed by atoms with van der Waals surface area (Å²) >= 11 is 0. The smallest absolute Gasteiger partial charge is 0.321 e. The summed E-state index contributed by atoms with van der Waals surface area (Å²) in [5.41, 5.74) is 1.82. The third kappa shape index (κ3) is 4.55. The summed E-state index contributed by atoms with van der Waals surface area (Å²) in [7, 11) is -4.01. The summed E-state index contributed by atoms with van der Waals surface area (Å²) in [4.78, 5) is 14.4. The molecule has 0 fully saturated rings. The summed E-state index contributed by atoms with van der Waals surface area (Å²) in [5.74, 6) is -1.39. The van der Waals surface area contributed by atoms with Crippen LogP contribution in [0.3, 0.4) is 0 Å². The topological polar surface area (TPSA) is 119 Å². The second-order valence-electron chi connectivity index (χ2n) is 5.05. The molecule has 0 amide bonds. The van der Waals surface area contributed by atoms with E-state index in [0.29, 0.717) is 0 Å². The lowest BCUT2D eigenvalue weighted by Gasteiger charge is -2.13. The van der Waals surface area contributed by atoms with E-state index < -0.39 is 22.1 Å². The first-order chi connectivity index (χ1) is 10.4. The molecule has 8 heteroatoms. The average Bonchev–Trinajstić information content (AvgIpc) is 2.84. The molecule has 0 spiro atoms. The number of aromatic nitrogens is 1. The second-order valence-corrected chi connectivity index (χ2v) is 6.62. The zero-order chi connectivity index (χ0) is 16.2. The van der Waals surface area contributed by atoms with Gasteiger partial charge in [0.1, 0.15) is 6.04 Å². The fourth-order valence-electron chi connectivity index (χ4n) is 2.30. The van der Waals surface area contributed by atoms with Gasteiger partial charge in [-0.25, -0.2) is 0 Å². The number of fused-ring (bicyclic) bond motifs is 1. The number of para-hydroxylation sites is 1. The number of carboxylic acids is 1. The van der Waals surface area contributed by atoms with Crippen molar-refractivity contribution in [1.82, 2.24) is 10.3 Å². The number of hydrogen-bond acceptors (Lipinski definition) is 4. The van der Waals surface area contributed by atoms with Crippen molar-refractivity contribution >= 4 is 27.0 Å². The maximum atomic E-state index is 11.3. The molecule has 0 aliphatic carbocycles. The first-order valence-electron chi connectivity index (χ1n) is 6.83. The van der Waals surface area contributed by atoms with E-state index in [2.05, 4.69) is 10.3 Å². The van der Waals surface area contributed by atoms with Crippen LogP contribution < -0.4 is 5.32 Å². The standard InChI is InChI=1S/C14H18N2O5S/c17-14(18)13(15-6-3-7-22(19,20)21)8-10-9-16-12-5-2-1-4-11(10)12/h1-2,4-5,9,13,15-16H,3,6-8H2,(H,17,18)(H,19,20,21)/t13-/m1/s1. The normalized spacial score (nSPS) is 13.3. The highest BCUT2D eigenvalue weighted by atomic mass is 32.2. The summed E-state index contributed by atoms with van der Waals surface area (Å²) in [6, 6.07) is 6.78. The lowest BCUT2D eigenvalue weighted by Crippen LogP contribution is -2.39. The van der Waals surface area contributed by atoms with E-state index in [1.165, 1.54) is 0 Å². The number of rotatable bonds is 8. The van der Waals surface area contributed by atoms with Crippen LogP contribution in [0.2, 0.25) is 0 Å². The van der Waals surface area contributed by atoms with Crippen LogP contribution in [0.5, 0.6) is 0 Å². The molecular weight excluding hydrogens is 308 g/mol. The molecule has 0 unspecified atom stereocenters. The van der Waals surface area contributed by atoms with E-state index in [1.54, 1.807) is 6.20 Å².